The third-order valence-corrected chi connectivity index (χ3v) is 2.54. The molecule has 4 nitrogen and oxygen atoms in total. The van der Waals surface area contributed by atoms with Crippen LogP contribution in [0.3, 0.4) is 0 Å². The van der Waals surface area contributed by atoms with E-state index in [0.717, 1.165) is 0 Å². The van der Waals surface area contributed by atoms with Gasteiger partial charge >= 0.3 is 5.97 Å². The number of aryl methyl sites for hydroxylation is 1. The van der Waals surface area contributed by atoms with Gasteiger partial charge in [-0.25, -0.2) is 9.18 Å². The van der Waals surface area contributed by atoms with Crippen molar-refractivity contribution in [3.05, 3.63) is 35.1 Å². The highest BCUT2D eigenvalue weighted by Crippen LogP contribution is 2.11. The van der Waals surface area contributed by atoms with E-state index in [1.165, 1.54) is 39.2 Å². The molecule has 0 saturated heterocycles. The van der Waals surface area contributed by atoms with E-state index in [1.807, 2.05) is 0 Å². The molecule has 0 radical (unpaired) electrons. The van der Waals surface area contributed by atoms with Crippen molar-refractivity contribution in [1.29, 1.82) is 0 Å². The fourth-order valence-corrected chi connectivity index (χ4v) is 1.45. The van der Waals surface area contributed by atoms with Crippen LogP contribution in [-0.4, -0.2) is 24.5 Å². The number of nitrogens with one attached hydrogen (secondary N) is 1. The predicted molar refractivity (Wildman–Crippen MR) is 64.7 cm³/mol. The molecule has 0 bridgehead atoms. The van der Waals surface area contributed by atoms with Crippen molar-refractivity contribution in [3.8, 4) is 0 Å². The number of esters is 1. The molecule has 1 N–H and O–H groups in total. The number of methoxy groups -OCH3 is 1. The van der Waals surface area contributed by atoms with Crippen LogP contribution in [0.4, 0.5) is 4.39 Å². The van der Waals surface area contributed by atoms with Gasteiger partial charge in [-0.2, -0.15) is 0 Å². The van der Waals surface area contributed by atoms with E-state index in [9.17, 15) is 14.0 Å². The number of halogens is 1. The summed E-state index contributed by atoms with van der Waals surface area (Å²) in [5.41, 5.74) is -0.460. The molecule has 98 valence electrons. The number of amides is 1. The van der Waals surface area contributed by atoms with Crippen LogP contribution in [0.25, 0.3) is 0 Å². The van der Waals surface area contributed by atoms with Crippen LogP contribution in [0.15, 0.2) is 18.2 Å². The number of hydrogen-bond acceptors (Lipinski definition) is 3. The van der Waals surface area contributed by atoms with Crippen molar-refractivity contribution in [1.82, 2.24) is 5.32 Å². The van der Waals surface area contributed by atoms with E-state index < -0.39 is 17.4 Å². The van der Waals surface area contributed by atoms with Crippen molar-refractivity contribution >= 4 is 11.9 Å². The monoisotopic (exact) mass is 253 g/mol. The van der Waals surface area contributed by atoms with E-state index in [4.69, 9.17) is 0 Å². The molecule has 1 rings (SSSR count). The molecule has 0 spiro atoms. The fourth-order valence-electron chi connectivity index (χ4n) is 1.45. The maximum absolute atomic E-state index is 13.1. The third kappa shape index (κ3) is 3.06. The summed E-state index contributed by atoms with van der Waals surface area (Å²) in [5.74, 6) is -1.37. The van der Waals surface area contributed by atoms with Crippen LogP contribution in [0.2, 0.25) is 0 Å². The first kappa shape index (κ1) is 14.2. The Morgan fingerprint density at radius 3 is 2.44 bits per heavy atom. The number of hydrogen-bond donors (Lipinski definition) is 1. The van der Waals surface area contributed by atoms with E-state index in [2.05, 4.69) is 10.1 Å². The van der Waals surface area contributed by atoms with Crippen molar-refractivity contribution in [2.24, 2.45) is 0 Å². The Bertz CT molecular complexity index is 483. The zero-order valence-electron chi connectivity index (χ0n) is 10.8. The zero-order chi connectivity index (χ0) is 13.9. The fraction of sp³-hybridized carbons (Fsp3) is 0.385. The molecule has 0 unspecified atom stereocenters. The van der Waals surface area contributed by atoms with E-state index in [-0.39, 0.29) is 5.82 Å². The predicted octanol–water partition coefficient (Wildman–Crippen LogP) is 1.82. The molecule has 5 heteroatoms. The average Bonchev–Trinajstić information content (AvgIpc) is 2.30. The largest absolute Gasteiger partial charge is 0.467 e. The van der Waals surface area contributed by atoms with Gasteiger partial charge in [-0.15, -0.1) is 0 Å². The summed E-state index contributed by atoms with van der Waals surface area (Å²) in [5, 5.41) is 2.53. The Labute approximate surface area is 105 Å². The quantitative estimate of drug-likeness (QED) is 0.836. The molecule has 0 aliphatic rings. The minimum Gasteiger partial charge on any atom is -0.467 e. The smallest absolute Gasteiger partial charge is 0.330 e. The summed E-state index contributed by atoms with van der Waals surface area (Å²) in [6, 6.07) is 4.01. The normalized spacial score (nSPS) is 10.9. The van der Waals surface area contributed by atoms with E-state index in [0.29, 0.717) is 11.1 Å². The van der Waals surface area contributed by atoms with Gasteiger partial charge in [0, 0.05) is 5.56 Å². The number of benzene rings is 1. The van der Waals surface area contributed by atoms with Crippen LogP contribution >= 0.6 is 0 Å². The molecule has 0 atom stereocenters. The SMILES string of the molecule is COC(=O)C(C)(C)NC(=O)c1ccc(F)c(C)c1. The lowest BCUT2D eigenvalue weighted by Gasteiger charge is -2.23. The third-order valence-electron chi connectivity index (χ3n) is 2.54. The van der Waals surface area contributed by atoms with Crippen LogP contribution in [0, 0.1) is 12.7 Å². The zero-order valence-corrected chi connectivity index (χ0v) is 10.8. The summed E-state index contributed by atoms with van der Waals surface area (Å²) < 4.78 is 17.7. The molecule has 0 saturated carbocycles. The van der Waals surface area contributed by atoms with Gasteiger partial charge in [0.2, 0.25) is 0 Å². The summed E-state index contributed by atoms with van der Waals surface area (Å²) in [6.07, 6.45) is 0. The van der Waals surface area contributed by atoms with Gasteiger partial charge in [-0.3, -0.25) is 4.79 Å². The second-order valence-electron chi connectivity index (χ2n) is 4.53. The number of carbonyl (C=O) groups is 2. The molecule has 1 amide bonds. The van der Waals surface area contributed by atoms with Crippen molar-refractivity contribution < 1.29 is 18.7 Å². The average molecular weight is 253 g/mol. The van der Waals surface area contributed by atoms with Crippen LogP contribution in [0.1, 0.15) is 29.8 Å². The minimum atomic E-state index is -1.13. The van der Waals surface area contributed by atoms with Gasteiger partial charge in [0.1, 0.15) is 11.4 Å². The van der Waals surface area contributed by atoms with Crippen molar-refractivity contribution in [3.63, 3.8) is 0 Å². The Balaban J connectivity index is 2.89. The lowest BCUT2D eigenvalue weighted by Crippen LogP contribution is -2.50. The second-order valence-corrected chi connectivity index (χ2v) is 4.53. The first-order chi connectivity index (χ1) is 8.27. The molecular formula is C13H16FNO3. The van der Waals surface area contributed by atoms with Gasteiger partial charge in [0.05, 0.1) is 7.11 Å². The maximum atomic E-state index is 13.1. The standard InChI is InChI=1S/C13H16FNO3/c1-8-7-9(5-6-10(8)14)11(16)15-13(2,3)12(17)18-4/h5-7H,1-4H3,(H,15,16). The second kappa shape index (κ2) is 5.16. The number of ether oxygens (including phenoxy) is 1. The van der Waals surface area contributed by atoms with Gasteiger partial charge < -0.3 is 10.1 Å². The lowest BCUT2D eigenvalue weighted by molar-refractivity contribution is -0.146. The van der Waals surface area contributed by atoms with E-state index in [1.54, 1.807) is 6.92 Å². The molecule has 18 heavy (non-hydrogen) atoms. The van der Waals surface area contributed by atoms with Gasteiger partial charge in [-0.05, 0) is 44.5 Å². The summed E-state index contributed by atoms with van der Waals surface area (Å²) in [7, 11) is 1.25. The Hall–Kier alpha value is -1.91. The van der Waals surface area contributed by atoms with Crippen molar-refractivity contribution in [2.45, 2.75) is 26.3 Å². The minimum absolute atomic E-state index is 0.297. The highest BCUT2D eigenvalue weighted by atomic mass is 19.1. The van der Waals surface area contributed by atoms with Crippen molar-refractivity contribution in [2.75, 3.05) is 7.11 Å². The Morgan fingerprint density at radius 2 is 1.94 bits per heavy atom. The number of rotatable bonds is 3. The Morgan fingerprint density at radius 1 is 1.33 bits per heavy atom. The van der Waals surface area contributed by atoms with E-state index >= 15 is 0 Å². The summed E-state index contributed by atoms with van der Waals surface area (Å²) in [4.78, 5) is 23.3. The Kier molecular flexibility index (Phi) is 4.06. The molecule has 0 heterocycles. The topological polar surface area (TPSA) is 55.4 Å². The summed E-state index contributed by atoms with van der Waals surface area (Å²) in [6.45, 7) is 4.64. The first-order valence-electron chi connectivity index (χ1n) is 5.45. The van der Waals surface area contributed by atoms with Crippen LogP contribution in [0.5, 0.6) is 0 Å². The van der Waals surface area contributed by atoms with Gasteiger partial charge in [-0.1, -0.05) is 0 Å². The maximum Gasteiger partial charge on any atom is 0.330 e. The van der Waals surface area contributed by atoms with Gasteiger partial charge in [0.25, 0.3) is 5.91 Å². The molecular weight excluding hydrogens is 237 g/mol. The number of carbonyl (C=O) groups excluding carboxylic acids is 2. The molecule has 1 aromatic rings. The van der Waals surface area contributed by atoms with Crippen LogP contribution < -0.4 is 5.32 Å². The molecule has 0 aliphatic carbocycles. The molecule has 1 aromatic carbocycles. The lowest BCUT2D eigenvalue weighted by atomic mass is 10.0. The molecule has 0 fully saturated rings. The van der Waals surface area contributed by atoms with Gasteiger partial charge in [0.15, 0.2) is 0 Å². The highest BCUT2D eigenvalue weighted by molar-refractivity contribution is 5.98. The molecule has 0 aliphatic heterocycles. The summed E-state index contributed by atoms with van der Waals surface area (Å²) >= 11 is 0. The first-order valence-corrected chi connectivity index (χ1v) is 5.45. The van der Waals surface area contributed by atoms with Crippen LogP contribution in [-0.2, 0) is 9.53 Å². The highest BCUT2D eigenvalue weighted by Gasteiger charge is 2.30. The molecule has 0 aromatic heterocycles.